The number of hydrogen-bond donors (Lipinski definition) is 0. The molecule has 0 atom stereocenters. The molecule has 0 heteroatoms. The lowest BCUT2D eigenvalue weighted by atomic mass is 9.99. The van der Waals surface area contributed by atoms with Crippen LogP contribution in [-0.2, 0) is 0 Å². The highest BCUT2D eigenvalue weighted by molar-refractivity contribution is 4.80. The molecule has 0 saturated carbocycles. The number of hydrogen-bond acceptors (Lipinski definition) is 0. The summed E-state index contributed by atoms with van der Waals surface area (Å²) in [6.07, 6.45) is 23.1. The molecule has 0 aromatic rings. The maximum atomic E-state index is 2.31. The lowest BCUT2D eigenvalue weighted by Crippen LogP contribution is -1.89. The topological polar surface area (TPSA) is 0 Å². The average molecular weight is 282 g/mol. The van der Waals surface area contributed by atoms with Gasteiger partial charge in [0.2, 0.25) is 0 Å². The van der Waals surface area contributed by atoms with E-state index in [1.165, 1.54) is 103 Å². The summed E-state index contributed by atoms with van der Waals surface area (Å²) in [6, 6.07) is 0. The first-order chi connectivity index (χ1) is 9.81. The van der Waals surface area contributed by atoms with Gasteiger partial charge in [-0.25, -0.2) is 0 Å². The second-order valence-corrected chi connectivity index (χ2v) is 6.66. The summed E-state index contributed by atoms with van der Waals surface area (Å²) < 4.78 is 0. The van der Waals surface area contributed by atoms with E-state index in [0.29, 0.717) is 0 Å². The van der Waals surface area contributed by atoms with Gasteiger partial charge in [0.25, 0.3) is 0 Å². The van der Waals surface area contributed by atoms with Crippen molar-refractivity contribution in [3.05, 3.63) is 5.92 Å². The van der Waals surface area contributed by atoms with Gasteiger partial charge < -0.3 is 0 Å². The Hall–Kier alpha value is 0. The summed E-state index contributed by atoms with van der Waals surface area (Å²) in [4.78, 5) is 0. The molecule has 0 bridgehead atoms. The Kier molecular flexibility index (Phi) is 17.1. The van der Waals surface area contributed by atoms with Crippen molar-refractivity contribution in [2.45, 2.75) is 124 Å². The second kappa shape index (κ2) is 17.1. The van der Waals surface area contributed by atoms with Crippen molar-refractivity contribution in [3.63, 3.8) is 0 Å². The lowest BCUT2D eigenvalue weighted by molar-refractivity contribution is 0.532. The van der Waals surface area contributed by atoms with Crippen LogP contribution in [0.2, 0.25) is 0 Å². The van der Waals surface area contributed by atoms with E-state index in [1.54, 1.807) is 5.92 Å². The molecule has 0 spiro atoms. The maximum absolute atomic E-state index is 2.31. The van der Waals surface area contributed by atoms with Gasteiger partial charge in [0.15, 0.2) is 0 Å². The minimum Gasteiger partial charge on any atom is -0.0654 e. The lowest BCUT2D eigenvalue weighted by Gasteiger charge is -2.07. The summed E-state index contributed by atoms with van der Waals surface area (Å²) in [5, 5.41) is 0. The third-order valence-electron chi connectivity index (χ3n) is 4.56. The third kappa shape index (κ3) is 16.1. The van der Waals surface area contributed by atoms with Gasteiger partial charge in [-0.1, -0.05) is 117 Å². The zero-order valence-corrected chi connectivity index (χ0v) is 14.8. The fourth-order valence-electron chi connectivity index (χ4n) is 2.80. The van der Waals surface area contributed by atoms with Crippen LogP contribution in [0.1, 0.15) is 124 Å². The molecule has 0 aliphatic heterocycles. The first kappa shape index (κ1) is 20.0. The fraction of sp³-hybridized carbons (Fsp3) is 0.950. The van der Waals surface area contributed by atoms with Crippen LogP contribution in [0.5, 0.6) is 0 Å². The molecule has 0 fully saturated rings. The predicted octanol–water partition coefficient (Wildman–Crippen LogP) is 7.86. The molecule has 0 heterocycles. The highest BCUT2D eigenvalue weighted by atomic mass is 14.0. The molecular weight excluding hydrogens is 240 g/mol. The van der Waals surface area contributed by atoms with Crippen LogP contribution < -0.4 is 0 Å². The Labute approximate surface area is 130 Å². The summed E-state index contributed by atoms with van der Waals surface area (Å²) in [7, 11) is 0. The molecule has 1 radical (unpaired) electrons. The van der Waals surface area contributed by atoms with Crippen molar-refractivity contribution in [2.75, 3.05) is 0 Å². The van der Waals surface area contributed by atoms with Crippen molar-refractivity contribution in [3.8, 4) is 0 Å². The average Bonchev–Trinajstić information content (AvgIpc) is 2.47. The van der Waals surface area contributed by atoms with E-state index in [4.69, 9.17) is 0 Å². The Balaban J connectivity index is 2.96. The highest BCUT2D eigenvalue weighted by Gasteiger charge is 1.98. The van der Waals surface area contributed by atoms with Crippen LogP contribution in [0, 0.1) is 5.92 Å². The van der Waals surface area contributed by atoms with Crippen molar-refractivity contribution in [1.29, 1.82) is 0 Å². The molecule has 20 heavy (non-hydrogen) atoms. The summed E-state index contributed by atoms with van der Waals surface area (Å²) in [5.74, 6) is 1.68. The van der Waals surface area contributed by atoms with Gasteiger partial charge in [-0.05, 0) is 12.3 Å². The largest absolute Gasteiger partial charge is 0.0654 e. The molecule has 0 nitrogen and oxygen atoms in total. The first-order valence-corrected chi connectivity index (χ1v) is 9.62. The van der Waals surface area contributed by atoms with Crippen LogP contribution in [0.4, 0.5) is 0 Å². The van der Waals surface area contributed by atoms with Crippen LogP contribution in [-0.4, -0.2) is 0 Å². The van der Waals surface area contributed by atoms with Crippen LogP contribution in [0.25, 0.3) is 0 Å². The maximum Gasteiger partial charge on any atom is -0.0275 e. The third-order valence-corrected chi connectivity index (χ3v) is 4.56. The smallest absolute Gasteiger partial charge is 0.0275 e. The van der Waals surface area contributed by atoms with E-state index >= 15 is 0 Å². The molecule has 0 aromatic heterocycles. The minimum atomic E-state index is 1.28. The van der Waals surface area contributed by atoms with Gasteiger partial charge in [-0.15, -0.1) is 0 Å². The molecular formula is C20H41. The van der Waals surface area contributed by atoms with Crippen molar-refractivity contribution in [2.24, 2.45) is 0 Å². The SMILES string of the molecule is CCCCCCCCCCCCCCCC[C](C)CC. The second-order valence-electron chi connectivity index (χ2n) is 6.66. The molecule has 0 aromatic carbocycles. The van der Waals surface area contributed by atoms with Crippen LogP contribution in [0.3, 0.4) is 0 Å². The van der Waals surface area contributed by atoms with Gasteiger partial charge in [0.05, 0.1) is 0 Å². The van der Waals surface area contributed by atoms with Crippen molar-refractivity contribution in [1.82, 2.24) is 0 Å². The standard InChI is InChI=1S/C20H41/c1-4-6-7-8-9-10-11-12-13-14-15-16-17-18-19-20(3)5-2/h4-19H2,1-3H3. The van der Waals surface area contributed by atoms with E-state index in [0.717, 1.165) is 0 Å². The summed E-state index contributed by atoms with van der Waals surface area (Å²) in [6.45, 7) is 6.88. The van der Waals surface area contributed by atoms with Gasteiger partial charge >= 0.3 is 0 Å². The van der Waals surface area contributed by atoms with Gasteiger partial charge in [0, 0.05) is 0 Å². The van der Waals surface area contributed by atoms with E-state index in [9.17, 15) is 0 Å². The van der Waals surface area contributed by atoms with E-state index in [-0.39, 0.29) is 0 Å². The summed E-state index contributed by atoms with van der Waals surface area (Å²) in [5.41, 5.74) is 0. The molecule has 121 valence electrons. The Morgan fingerprint density at radius 1 is 0.500 bits per heavy atom. The molecule has 0 aliphatic rings. The number of rotatable bonds is 16. The van der Waals surface area contributed by atoms with Crippen molar-refractivity contribution < 1.29 is 0 Å². The van der Waals surface area contributed by atoms with Gasteiger partial charge in [-0.3, -0.25) is 0 Å². The normalized spacial score (nSPS) is 11.4. The van der Waals surface area contributed by atoms with E-state index in [1.807, 2.05) is 0 Å². The first-order valence-electron chi connectivity index (χ1n) is 9.62. The fourth-order valence-corrected chi connectivity index (χ4v) is 2.80. The molecule has 0 rings (SSSR count). The van der Waals surface area contributed by atoms with Gasteiger partial charge in [0.1, 0.15) is 0 Å². The minimum absolute atomic E-state index is 1.28. The zero-order chi connectivity index (χ0) is 14.9. The molecule has 0 saturated heterocycles. The van der Waals surface area contributed by atoms with Crippen LogP contribution >= 0.6 is 0 Å². The Morgan fingerprint density at radius 2 is 0.850 bits per heavy atom. The van der Waals surface area contributed by atoms with Crippen molar-refractivity contribution >= 4 is 0 Å². The predicted molar refractivity (Wildman–Crippen MR) is 94.1 cm³/mol. The highest BCUT2D eigenvalue weighted by Crippen LogP contribution is 2.16. The molecule has 0 aliphatic carbocycles. The summed E-state index contributed by atoms with van der Waals surface area (Å²) >= 11 is 0. The zero-order valence-electron chi connectivity index (χ0n) is 14.8. The van der Waals surface area contributed by atoms with Gasteiger partial charge in [-0.2, -0.15) is 0 Å². The molecule has 0 N–H and O–H groups in total. The number of unbranched alkanes of at least 4 members (excludes halogenated alkanes) is 13. The van der Waals surface area contributed by atoms with E-state index < -0.39 is 0 Å². The Morgan fingerprint density at radius 3 is 1.20 bits per heavy atom. The molecule has 0 amide bonds. The van der Waals surface area contributed by atoms with E-state index in [2.05, 4.69) is 20.8 Å². The quantitative estimate of drug-likeness (QED) is 0.252. The molecule has 0 unspecified atom stereocenters. The monoisotopic (exact) mass is 281 g/mol. The Bertz CT molecular complexity index is 161. The van der Waals surface area contributed by atoms with Crippen LogP contribution in [0.15, 0.2) is 0 Å².